The first-order valence-corrected chi connectivity index (χ1v) is 12.1. The molecule has 0 unspecified atom stereocenters. The molecule has 6 rings (SSSR count). The van der Waals surface area contributed by atoms with Gasteiger partial charge in [-0.05, 0) is 48.1 Å². The van der Waals surface area contributed by atoms with Gasteiger partial charge in [0.25, 0.3) is 5.91 Å². The number of thiophene rings is 1. The van der Waals surface area contributed by atoms with Crippen LogP contribution in [0.2, 0.25) is 0 Å². The van der Waals surface area contributed by atoms with Crippen LogP contribution < -0.4 is 9.47 Å². The number of piperazine rings is 1. The first-order chi connectivity index (χ1) is 15.3. The Morgan fingerprint density at radius 1 is 1.00 bits per heavy atom. The van der Waals surface area contributed by atoms with Gasteiger partial charge in [-0.3, -0.25) is 9.69 Å². The Bertz CT molecular complexity index is 1110. The lowest BCUT2D eigenvalue weighted by Crippen LogP contribution is -2.48. The Balaban J connectivity index is 1.15. The molecule has 0 radical (unpaired) electrons. The van der Waals surface area contributed by atoms with Gasteiger partial charge in [0.15, 0.2) is 11.5 Å². The van der Waals surface area contributed by atoms with Crippen molar-refractivity contribution in [3.05, 3.63) is 47.0 Å². The fraction of sp³-hybridized carbons (Fsp3) is 0.458. The summed E-state index contributed by atoms with van der Waals surface area (Å²) in [6, 6.07) is 10.9. The lowest BCUT2D eigenvalue weighted by Gasteiger charge is -2.35. The second-order valence-electron chi connectivity index (χ2n) is 8.76. The number of ether oxygens (including phenoxy) is 2. The maximum Gasteiger partial charge on any atom is 0.270 e. The van der Waals surface area contributed by atoms with E-state index in [1.807, 2.05) is 11.0 Å². The second kappa shape index (κ2) is 7.88. The zero-order valence-electron chi connectivity index (χ0n) is 17.6. The molecule has 1 aliphatic carbocycles. The smallest absolute Gasteiger partial charge is 0.270 e. The van der Waals surface area contributed by atoms with Gasteiger partial charge in [0.05, 0.1) is 10.2 Å². The van der Waals surface area contributed by atoms with Gasteiger partial charge >= 0.3 is 0 Å². The molecule has 0 spiro atoms. The third-order valence-corrected chi connectivity index (χ3v) is 7.72. The predicted octanol–water partition coefficient (Wildman–Crippen LogP) is 4.50. The molecule has 31 heavy (non-hydrogen) atoms. The number of aromatic nitrogens is 1. The van der Waals surface area contributed by atoms with Crippen LogP contribution in [-0.2, 0) is 6.54 Å². The molecule has 7 heteroatoms. The molecule has 162 valence electrons. The van der Waals surface area contributed by atoms with E-state index in [2.05, 4.69) is 39.1 Å². The van der Waals surface area contributed by atoms with Crippen LogP contribution in [0.5, 0.6) is 11.5 Å². The molecule has 4 heterocycles. The lowest BCUT2D eigenvalue weighted by atomic mass is 10.1. The van der Waals surface area contributed by atoms with E-state index in [-0.39, 0.29) is 5.91 Å². The van der Waals surface area contributed by atoms with Crippen molar-refractivity contribution in [2.75, 3.05) is 33.0 Å². The molecule has 1 saturated heterocycles. The summed E-state index contributed by atoms with van der Waals surface area (Å²) in [6.45, 7) is 4.49. The number of carbonyl (C=O) groups is 1. The van der Waals surface area contributed by atoms with Crippen LogP contribution in [0.15, 0.2) is 35.7 Å². The highest BCUT2D eigenvalue weighted by atomic mass is 32.1. The predicted molar refractivity (Wildman–Crippen MR) is 121 cm³/mol. The van der Waals surface area contributed by atoms with Crippen molar-refractivity contribution in [2.45, 2.75) is 38.3 Å². The summed E-state index contributed by atoms with van der Waals surface area (Å²) < 4.78 is 14.5. The fourth-order valence-electron chi connectivity index (χ4n) is 5.23. The van der Waals surface area contributed by atoms with E-state index in [4.69, 9.17) is 9.47 Å². The van der Waals surface area contributed by atoms with Crippen molar-refractivity contribution in [3.8, 4) is 11.5 Å². The van der Waals surface area contributed by atoms with Gasteiger partial charge in [0, 0.05) is 38.8 Å². The molecule has 1 amide bonds. The van der Waals surface area contributed by atoms with Crippen molar-refractivity contribution < 1.29 is 14.3 Å². The molecule has 2 aromatic heterocycles. The van der Waals surface area contributed by atoms with Crippen LogP contribution in [-0.4, -0.2) is 53.2 Å². The van der Waals surface area contributed by atoms with Crippen LogP contribution >= 0.6 is 11.3 Å². The van der Waals surface area contributed by atoms with Crippen LogP contribution in [0.1, 0.15) is 47.8 Å². The van der Waals surface area contributed by atoms with Crippen molar-refractivity contribution in [1.82, 2.24) is 14.4 Å². The molecule has 2 aliphatic heterocycles. The molecule has 0 bridgehead atoms. The van der Waals surface area contributed by atoms with Crippen molar-refractivity contribution in [2.24, 2.45) is 0 Å². The number of benzene rings is 1. The molecular weight excluding hydrogens is 410 g/mol. The summed E-state index contributed by atoms with van der Waals surface area (Å²) in [4.78, 5) is 18.0. The zero-order valence-corrected chi connectivity index (χ0v) is 18.4. The Labute approximate surface area is 185 Å². The first-order valence-electron chi connectivity index (χ1n) is 11.2. The van der Waals surface area contributed by atoms with Gasteiger partial charge in [0.1, 0.15) is 5.69 Å². The topological polar surface area (TPSA) is 46.9 Å². The molecule has 1 aromatic carbocycles. The van der Waals surface area contributed by atoms with Gasteiger partial charge in [0.2, 0.25) is 6.79 Å². The van der Waals surface area contributed by atoms with E-state index in [0.717, 1.165) is 49.9 Å². The zero-order chi connectivity index (χ0) is 20.8. The monoisotopic (exact) mass is 437 g/mol. The minimum absolute atomic E-state index is 0.193. The van der Waals surface area contributed by atoms with Crippen molar-refractivity contribution in [3.63, 3.8) is 0 Å². The quantitative estimate of drug-likeness (QED) is 0.603. The average molecular weight is 438 g/mol. The molecule has 6 nitrogen and oxygen atoms in total. The summed E-state index contributed by atoms with van der Waals surface area (Å²) in [5.74, 6) is 1.85. The maximum absolute atomic E-state index is 13.5. The highest BCUT2D eigenvalue weighted by molar-refractivity contribution is 7.17. The van der Waals surface area contributed by atoms with Gasteiger partial charge in [-0.2, -0.15) is 0 Å². The average Bonchev–Trinajstić information content (AvgIpc) is 3.57. The van der Waals surface area contributed by atoms with Crippen molar-refractivity contribution in [1.29, 1.82) is 0 Å². The number of amides is 1. The third kappa shape index (κ3) is 3.49. The summed E-state index contributed by atoms with van der Waals surface area (Å²) in [5, 5.41) is 2.14. The number of hydrogen-bond donors (Lipinski definition) is 0. The largest absolute Gasteiger partial charge is 0.454 e. The second-order valence-corrected chi connectivity index (χ2v) is 9.71. The summed E-state index contributed by atoms with van der Waals surface area (Å²) in [5.41, 5.74) is 3.35. The van der Waals surface area contributed by atoms with E-state index in [9.17, 15) is 4.79 Å². The third-order valence-electron chi connectivity index (χ3n) is 6.87. The number of hydrogen-bond acceptors (Lipinski definition) is 5. The molecule has 1 saturated carbocycles. The Kier molecular flexibility index (Phi) is 4.88. The Morgan fingerprint density at radius 3 is 2.65 bits per heavy atom. The fourth-order valence-corrected chi connectivity index (χ4v) is 6.04. The van der Waals surface area contributed by atoms with Gasteiger partial charge in [-0.1, -0.05) is 18.9 Å². The molecule has 3 aliphatic rings. The maximum atomic E-state index is 13.5. The molecule has 0 atom stereocenters. The van der Waals surface area contributed by atoms with Gasteiger partial charge in [-0.15, -0.1) is 11.3 Å². The van der Waals surface area contributed by atoms with E-state index in [0.29, 0.717) is 12.8 Å². The summed E-state index contributed by atoms with van der Waals surface area (Å²) in [6.07, 6.45) is 4.90. The highest BCUT2D eigenvalue weighted by Crippen LogP contribution is 2.37. The highest BCUT2D eigenvalue weighted by Gasteiger charge is 2.29. The van der Waals surface area contributed by atoms with Crippen LogP contribution in [0.3, 0.4) is 0 Å². The minimum atomic E-state index is 0.193. The Hall–Kier alpha value is -2.51. The molecule has 2 fully saturated rings. The van der Waals surface area contributed by atoms with Crippen LogP contribution in [0, 0.1) is 0 Å². The number of carbonyl (C=O) groups excluding carboxylic acids is 1. The van der Waals surface area contributed by atoms with E-state index < -0.39 is 0 Å². The SMILES string of the molecule is O=C(c1cc2sccc2n1C1CCCC1)N1CCN(Cc2ccc3c(c2)OCO3)CC1. The standard InChI is InChI=1S/C24H27N3O3S/c28-24(20-14-23-19(7-12-31-23)27(20)18-3-1-2-4-18)26-10-8-25(9-11-26)15-17-5-6-21-22(13-17)30-16-29-21/h5-7,12-14,18H,1-4,8-11,15-16H2. The minimum Gasteiger partial charge on any atom is -0.454 e. The van der Waals surface area contributed by atoms with E-state index >= 15 is 0 Å². The lowest BCUT2D eigenvalue weighted by molar-refractivity contribution is 0.0616. The van der Waals surface area contributed by atoms with E-state index in [1.54, 1.807) is 11.3 Å². The normalized spacial score (nSPS) is 19.5. The number of fused-ring (bicyclic) bond motifs is 2. The summed E-state index contributed by atoms with van der Waals surface area (Å²) >= 11 is 1.74. The van der Waals surface area contributed by atoms with Crippen LogP contribution in [0.4, 0.5) is 0 Å². The summed E-state index contributed by atoms with van der Waals surface area (Å²) in [7, 11) is 0. The Morgan fingerprint density at radius 2 is 1.81 bits per heavy atom. The van der Waals surface area contributed by atoms with E-state index in [1.165, 1.54) is 41.5 Å². The first kappa shape index (κ1) is 19.2. The van der Waals surface area contributed by atoms with Crippen LogP contribution in [0.25, 0.3) is 10.2 Å². The number of nitrogens with zero attached hydrogens (tertiary/aromatic N) is 3. The molecule has 0 N–H and O–H groups in total. The van der Waals surface area contributed by atoms with Gasteiger partial charge < -0.3 is 18.9 Å². The molecular formula is C24H27N3O3S. The van der Waals surface area contributed by atoms with Crippen molar-refractivity contribution >= 4 is 27.5 Å². The molecule has 3 aromatic rings. The van der Waals surface area contributed by atoms with Gasteiger partial charge in [-0.25, -0.2) is 0 Å². The number of rotatable bonds is 4.